The maximum atomic E-state index is 12.2. The van der Waals surface area contributed by atoms with Crippen LogP contribution in [0.5, 0.6) is 0 Å². The normalized spacial score (nSPS) is 16.3. The topological polar surface area (TPSA) is 80.9 Å². The fourth-order valence-corrected chi connectivity index (χ4v) is 4.24. The summed E-state index contributed by atoms with van der Waals surface area (Å²) in [7, 11) is 0. The van der Waals surface area contributed by atoms with Crippen molar-refractivity contribution in [1.82, 2.24) is 15.1 Å². The predicted octanol–water partition coefficient (Wildman–Crippen LogP) is 3.89. The fourth-order valence-electron chi connectivity index (χ4n) is 3.06. The lowest BCUT2D eigenvalue weighted by Crippen LogP contribution is -2.12. The number of aryl methyl sites for hydroxylation is 2. The molecule has 1 aromatic carbocycles. The van der Waals surface area contributed by atoms with Gasteiger partial charge in [0.25, 0.3) is 0 Å². The van der Waals surface area contributed by atoms with Crippen LogP contribution in [0.2, 0.25) is 0 Å². The average Bonchev–Trinajstić information content (AvgIpc) is 3.27. The van der Waals surface area contributed by atoms with E-state index in [1.54, 1.807) is 11.3 Å². The Morgan fingerprint density at radius 3 is 3.00 bits per heavy atom. The van der Waals surface area contributed by atoms with E-state index >= 15 is 0 Å². The zero-order valence-electron chi connectivity index (χ0n) is 14.6. The van der Waals surface area contributed by atoms with E-state index < -0.39 is 0 Å². The molecule has 1 atom stereocenters. The molecule has 1 N–H and O–H groups in total. The van der Waals surface area contributed by atoms with Gasteiger partial charge in [0.1, 0.15) is 0 Å². The molecule has 0 radical (unpaired) electrons. The van der Waals surface area contributed by atoms with Gasteiger partial charge >= 0.3 is 0 Å². The van der Waals surface area contributed by atoms with E-state index in [2.05, 4.69) is 27.4 Å². The molecule has 0 bridgehead atoms. The van der Waals surface area contributed by atoms with Crippen LogP contribution in [0.25, 0.3) is 11.4 Å². The third-order valence-corrected chi connectivity index (χ3v) is 5.53. The Morgan fingerprint density at radius 2 is 2.15 bits per heavy atom. The molecule has 2 aromatic heterocycles. The number of carbonyl (C=O) groups excluding carboxylic acids is 1. The smallest absolute Gasteiger partial charge is 0.227 e. The molecule has 3 aromatic rings. The molecule has 0 spiro atoms. The number of carbonyl (C=O) groups is 1. The molecule has 1 unspecified atom stereocenters. The van der Waals surface area contributed by atoms with Crippen LogP contribution in [0.4, 0.5) is 5.13 Å². The molecule has 0 fully saturated rings. The van der Waals surface area contributed by atoms with Crippen LogP contribution < -0.4 is 5.32 Å². The molecule has 134 valence electrons. The highest BCUT2D eigenvalue weighted by molar-refractivity contribution is 7.15. The Labute approximate surface area is 155 Å². The molecule has 26 heavy (non-hydrogen) atoms. The van der Waals surface area contributed by atoms with E-state index in [-0.39, 0.29) is 12.3 Å². The maximum absolute atomic E-state index is 12.2. The Morgan fingerprint density at radius 1 is 1.31 bits per heavy atom. The van der Waals surface area contributed by atoms with E-state index in [0.717, 1.165) is 24.1 Å². The number of anilines is 1. The second-order valence-corrected chi connectivity index (χ2v) is 7.75. The van der Waals surface area contributed by atoms with Crippen molar-refractivity contribution in [3.05, 3.63) is 46.8 Å². The largest absolute Gasteiger partial charge is 0.339 e. The number of benzene rings is 1. The van der Waals surface area contributed by atoms with Crippen LogP contribution >= 0.6 is 11.3 Å². The minimum absolute atomic E-state index is 0.0800. The lowest BCUT2D eigenvalue weighted by Gasteiger charge is -2.15. The Bertz CT molecular complexity index is 903. The zero-order valence-corrected chi connectivity index (χ0v) is 15.4. The molecule has 6 nitrogen and oxygen atoms in total. The first kappa shape index (κ1) is 16.9. The number of nitrogens with one attached hydrogen (secondary N) is 1. The summed E-state index contributed by atoms with van der Waals surface area (Å²) in [6.07, 6.45) is 3.94. The molecular formula is C19H20N4O2S. The van der Waals surface area contributed by atoms with Crippen molar-refractivity contribution in [3.63, 3.8) is 0 Å². The van der Waals surface area contributed by atoms with Gasteiger partial charge in [-0.2, -0.15) is 4.98 Å². The second-order valence-electron chi connectivity index (χ2n) is 6.66. The van der Waals surface area contributed by atoms with Crippen molar-refractivity contribution in [2.24, 2.45) is 5.92 Å². The van der Waals surface area contributed by atoms with Crippen molar-refractivity contribution in [1.29, 1.82) is 0 Å². The molecule has 2 heterocycles. The van der Waals surface area contributed by atoms with Crippen LogP contribution in [-0.4, -0.2) is 21.0 Å². The summed E-state index contributed by atoms with van der Waals surface area (Å²) in [4.78, 5) is 22.4. The second kappa shape index (κ2) is 7.37. The highest BCUT2D eigenvalue weighted by Crippen LogP contribution is 2.32. The molecule has 1 aliphatic rings. The van der Waals surface area contributed by atoms with Crippen molar-refractivity contribution < 1.29 is 9.32 Å². The molecular weight excluding hydrogens is 348 g/mol. The zero-order chi connectivity index (χ0) is 17.9. The Hall–Kier alpha value is -2.54. The minimum atomic E-state index is -0.0800. The standard InChI is InChI=1S/C19H20N4O2S/c1-12-7-8-14-15(11-12)26-19(20-14)21-16(24)9-10-17-22-18(23-25-17)13-5-3-2-4-6-13/h2-6,12H,7-11H2,1H3,(H,20,21,24). The van der Waals surface area contributed by atoms with Crippen LogP contribution in [0.1, 0.15) is 36.2 Å². The van der Waals surface area contributed by atoms with Gasteiger partial charge in [0.15, 0.2) is 5.13 Å². The summed E-state index contributed by atoms with van der Waals surface area (Å²) < 4.78 is 5.24. The monoisotopic (exact) mass is 368 g/mol. The van der Waals surface area contributed by atoms with E-state index in [4.69, 9.17) is 4.52 Å². The molecule has 0 aliphatic heterocycles. The number of hydrogen-bond donors (Lipinski definition) is 1. The maximum Gasteiger partial charge on any atom is 0.227 e. The first-order valence-corrected chi connectivity index (χ1v) is 9.65. The van der Waals surface area contributed by atoms with E-state index in [1.807, 2.05) is 30.3 Å². The van der Waals surface area contributed by atoms with Crippen LogP contribution in [0, 0.1) is 5.92 Å². The predicted molar refractivity (Wildman–Crippen MR) is 100.0 cm³/mol. The highest BCUT2D eigenvalue weighted by Gasteiger charge is 2.20. The third kappa shape index (κ3) is 3.83. The van der Waals surface area contributed by atoms with Crippen LogP contribution in [-0.2, 0) is 24.1 Å². The quantitative estimate of drug-likeness (QED) is 0.739. The molecule has 1 aliphatic carbocycles. The van der Waals surface area contributed by atoms with Gasteiger partial charge in [-0.3, -0.25) is 4.79 Å². The SMILES string of the molecule is CC1CCc2nc(NC(=O)CCc3nc(-c4ccccc4)no3)sc2C1. The minimum Gasteiger partial charge on any atom is -0.339 e. The van der Waals surface area contributed by atoms with Crippen molar-refractivity contribution in [2.45, 2.75) is 39.0 Å². The summed E-state index contributed by atoms with van der Waals surface area (Å²) in [5, 5.41) is 7.57. The molecule has 1 amide bonds. The average molecular weight is 368 g/mol. The summed E-state index contributed by atoms with van der Waals surface area (Å²) in [5.74, 6) is 1.63. The highest BCUT2D eigenvalue weighted by atomic mass is 32.1. The van der Waals surface area contributed by atoms with Crippen molar-refractivity contribution in [2.75, 3.05) is 5.32 Å². The summed E-state index contributed by atoms with van der Waals surface area (Å²) in [6, 6.07) is 9.63. The third-order valence-electron chi connectivity index (χ3n) is 4.50. The molecule has 0 saturated carbocycles. The van der Waals surface area contributed by atoms with Gasteiger partial charge in [-0.1, -0.05) is 42.4 Å². The Kier molecular flexibility index (Phi) is 4.79. The number of amides is 1. The number of nitrogens with zero attached hydrogens (tertiary/aromatic N) is 3. The molecule has 4 rings (SSSR count). The van der Waals surface area contributed by atoms with E-state index in [9.17, 15) is 4.79 Å². The summed E-state index contributed by atoms with van der Waals surface area (Å²) in [6.45, 7) is 2.26. The van der Waals surface area contributed by atoms with Gasteiger partial charge in [-0.25, -0.2) is 4.98 Å². The van der Waals surface area contributed by atoms with E-state index in [1.165, 1.54) is 11.3 Å². The first-order chi connectivity index (χ1) is 12.7. The first-order valence-electron chi connectivity index (χ1n) is 8.84. The summed E-state index contributed by atoms with van der Waals surface area (Å²) >= 11 is 1.60. The van der Waals surface area contributed by atoms with Crippen molar-refractivity contribution >= 4 is 22.4 Å². The number of aromatic nitrogens is 3. The van der Waals surface area contributed by atoms with Crippen molar-refractivity contribution in [3.8, 4) is 11.4 Å². The molecule has 0 saturated heterocycles. The number of thiazole rings is 1. The number of rotatable bonds is 5. The molecule has 7 heteroatoms. The van der Waals surface area contributed by atoms with Crippen LogP contribution in [0.15, 0.2) is 34.9 Å². The van der Waals surface area contributed by atoms with E-state index in [0.29, 0.717) is 29.2 Å². The van der Waals surface area contributed by atoms with Gasteiger partial charge < -0.3 is 9.84 Å². The lowest BCUT2D eigenvalue weighted by atomic mass is 9.93. The van der Waals surface area contributed by atoms with Gasteiger partial charge in [-0.15, -0.1) is 11.3 Å². The van der Waals surface area contributed by atoms with Gasteiger partial charge in [-0.05, 0) is 25.2 Å². The van der Waals surface area contributed by atoms with Crippen LogP contribution in [0.3, 0.4) is 0 Å². The summed E-state index contributed by atoms with van der Waals surface area (Å²) in [5.41, 5.74) is 2.04. The fraction of sp³-hybridized carbons (Fsp3) is 0.368. The number of hydrogen-bond acceptors (Lipinski definition) is 6. The number of fused-ring (bicyclic) bond motifs is 1. The van der Waals surface area contributed by atoms with Gasteiger partial charge in [0.2, 0.25) is 17.6 Å². The lowest BCUT2D eigenvalue weighted by molar-refractivity contribution is -0.116. The van der Waals surface area contributed by atoms with Gasteiger partial charge in [0, 0.05) is 23.3 Å². The van der Waals surface area contributed by atoms with Gasteiger partial charge in [0.05, 0.1) is 5.69 Å². The Balaban J connectivity index is 1.33.